The topological polar surface area (TPSA) is 61.3 Å². The predicted octanol–water partition coefficient (Wildman–Crippen LogP) is 4.99. The largest absolute Gasteiger partial charge is 0.493 e. The van der Waals surface area contributed by atoms with Crippen molar-refractivity contribution in [3.8, 4) is 17.6 Å². The first kappa shape index (κ1) is 22.8. The molecule has 0 atom stereocenters. The molecule has 0 fully saturated rings. The van der Waals surface area contributed by atoms with Crippen LogP contribution in [-0.2, 0) is 21.4 Å². The quantitative estimate of drug-likeness (QED) is 0.342. The van der Waals surface area contributed by atoms with Gasteiger partial charge in [0.05, 0.1) is 18.8 Å². The molecule has 0 spiro atoms. The fourth-order valence-corrected chi connectivity index (χ4v) is 4.10. The van der Waals surface area contributed by atoms with Gasteiger partial charge in [-0.2, -0.15) is 0 Å². The number of esters is 1. The normalized spacial score (nSPS) is 14.0. The molecule has 1 aliphatic heterocycles. The van der Waals surface area contributed by atoms with Crippen LogP contribution < -0.4 is 4.74 Å². The van der Waals surface area contributed by atoms with Crippen LogP contribution >= 0.6 is 0 Å². The van der Waals surface area contributed by atoms with Gasteiger partial charge in [0.25, 0.3) is 0 Å². The van der Waals surface area contributed by atoms with Crippen molar-refractivity contribution in [3.05, 3.63) is 53.1 Å². The number of nitrogens with zero attached hydrogens (tertiary/aromatic N) is 2. The molecule has 3 rings (SSSR count). The third kappa shape index (κ3) is 5.85. The summed E-state index contributed by atoms with van der Waals surface area (Å²) in [5, 5.41) is 0. The minimum atomic E-state index is -0.141. The highest BCUT2D eigenvalue weighted by Crippen LogP contribution is 2.43. The van der Waals surface area contributed by atoms with Crippen molar-refractivity contribution in [2.75, 3.05) is 13.2 Å². The zero-order valence-corrected chi connectivity index (χ0v) is 18.9. The molecule has 5 nitrogen and oxygen atoms in total. The Morgan fingerprint density at radius 3 is 2.55 bits per heavy atom. The highest BCUT2D eigenvalue weighted by Gasteiger charge is 2.34. The van der Waals surface area contributed by atoms with Gasteiger partial charge in [0.15, 0.2) is 0 Å². The molecule has 0 aliphatic carbocycles. The van der Waals surface area contributed by atoms with Crippen LogP contribution in [0.3, 0.4) is 0 Å². The summed E-state index contributed by atoms with van der Waals surface area (Å²) in [5.41, 5.74) is 3.24. The smallest absolute Gasteiger partial charge is 0.305 e. The zero-order valence-electron chi connectivity index (χ0n) is 18.9. The highest BCUT2D eigenvalue weighted by molar-refractivity contribution is 5.69. The molecule has 0 amide bonds. The molecule has 2 aromatic rings. The highest BCUT2D eigenvalue weighted by atomic mass is 16.5. The second-order valence-electron chi connectivity index (χ2n) is 7.95. The summed E-state index contributed by atoms with van der Waals surface area (Å²) in [4.78, 5) is 20.2. The number of aryl methyl sites for hydroxylation is 1. The summed E-state index contributed by atoms with van der Waals surface area (Å²) >= 11 is 0. The van der Waals surface area contributed by atoms with E-state index in [1.54, 1.807) is 12.4 Å². The number of benzene rings is 1. The fourth-order valence-electron chi connectivity index (χ4n) is 4.10. The molecular formula is C26H32N2O3. The van der Waals surface area contributed by atoms with Gasteiger partial charge >= 0.3 is 5.97 Å². The van der Waals surface area contributed by atoms with Crippen LogP contribution in [0.25, 0.3) is 0 Å². The van der Waals surface area contributed by atoms with E-state index in [0.29, 0.717) is 13.0 Å². The maximum absolute atomic E-state index is 11.4. The number of unbranched alkanes of at least 4 members (excludes halogenated alkanes) is 1. The molecule has 31 heavy (non-hydrogen) atoms. The number of hydrogen-bond acceptors (Lipinski definition) is 5. The van der Waals surface area contributed by atoms with Gasteiger partial charge in [-0.1, -0.05) is 25.7 Å². The average Bonchev–Trinajstić information content (AvgIpc) is 2.81. The van der Waals surface area contributed by atoms with Crippen molar-refractivity contribution >= 4 is 5.97 Å². The summed E-state index contributed by atoms with van der Waals surface area (Å²) < 4.78 is 10.8. The van der Waals surface area contributed by atoms with E-state index in [9.17, 15) is 4.79 Å². The number of carbonyl (C=O) groups is 1. The predicted molar refractivity (Wildman–Crippen MR) is 121 cm³/mol. The molecule has 0 radical (unpaired) electrons. The van der Waals surface area contributed by atoms with E-state index < -0.39 is 0 Å². The van der Waals surface area contributed by atoms with E-state index in [1.807, 2.05) is 13.0 Å². The molecule has 1 aliphatic rings. The Morgan fingerprint density at radius 2 is 1.84 bits per heavy atom. The Bertz CT molecular complexity index is 937. The van der Waals surface area contributed by atoms with Gasteiger partial charge in [-0.15, -0.1) is 0 Å². The van der Waals surface area contributed by atoms with Crippen LogP contribution in [0, 0.1) is 11.8 Å². The molecule has 0 unspecified atom stereocenters. The van der Waals surface area contributed by atoms with Gasteiger partial charge in [-0.3, -0.25) is 4.79 Å². The van der Waals surface area contributed by atoms with Crippen molar-refractivity contribution in [1.29, 1.82) is 0 Å². The molecule has 0 N–H and O–H groups in total. The second-order valence-corrected chi connectivity index (χ2v) is 7.95. The second kappa shape index (κ2) is 10.9. The zero-order chi connectivity index (χ0) is 22.1. The van der Waals surface area contributed by atoms with E-state index in [0.717, 1.165) is 67.8 Å². The number of ether oxygens (including phenoxy) is 2. The van der Waals surface area contributed by atoms with E-state index in [2.05, 4.69) is 47.8 Å². The fraction of sp³-hybridized carbons (Fsp3) is 0.500. The van der Waals surface area contributed by atoms with E-state index in [4.69, 9.17) is 9.47 Å². The number of rotatable bonds is 8. The third-order valence-electron chi connectivity index (χ3n) is 6.14. The Kier molecular flexibility index (Phi) is 8.06. The summed E-state index contributed by atoms with van der Waals surface area (Å²) in [6.07, 6.45) is 9.63. The van der Waals surface area contributed by atoms with Gasteiger partial charge in [0, 0.05) is 41.8 Å². The summed E-state index contributed by atoms with van der Waals surface area (Å²) in [6, 6.07) is 6.26. The Morgan fingerprint density at radius 1 is 1.10 bits per heavy atom. The molecule has 5 heteroatoms. The molecule has 0 bridgehead atoms. The molecular weight excluding hydrogens is 388 g/mol. The van der Waals surface area contributed by atoms with Gasteiger partial charge in [-0.05, 0) is 57.2 Å². The van der Waals surface area contributed by atoms with Gasteiger partial charge < -0.3 is 9.47 Å². The molecule has 0 saturated carbocycles. The first-order valence-corrected chi connectivity index (χ1v) is 11.4. The van der Waals surface area contributed by atoms with Crippen molar-refractivity contribution < 1.29 is 14.3 Å². The summed E-state index contributed by atoms with van der Waals surface area (Å²) in [7, 11) is 0. The van der Waals surface area contributed by atoms with E-state index in [1.165, 1.54) is 5.56 Å². The monoisotopic (exact) mass is 420 g/mol. The van der Waals surface area contributed by atoms with Crippen LogP contribution in [0.2, 0.25) is 0 Å². The van der Waals surface area contributed by atoms with E-state index >= 15 is 0 Å². The maximum atomic E-state index is 11.4. The Hall–Kier alpha value is -2.87. The molecule has 164 valence electrons. The van der Waals surface area contributed by atoms with Crippen LogP contribution in [0.4, 0.5) is 0 Å². The SMILES string of the molecule is CCOC(=O)CCCCc1ncc(C#Cc2ccc3c(c2)C(CC)(CC)CCO3)cn1. The van der Waals surface area contributed by atoms with E-state index in [-0.39, 0.29) is 11.4 Å². The molecule has 2 heterocycles. The first-order valence-electron chi connectivity index (χ1n) is 11.4. The van der Waals surface area contributed by atoms with Crippen molar-refractivity contribution in [1.82, 2.24) is 9.97 Å². The van der Waals surface area contributed by atoms with Crippen LogP contribution in [0.15, 0.2) is 30.6 Å². The summed E-state index contributed by atoms with van der Waals surface area (Å²) in [6.45, 7) is 7.55. The van der Waals surface area contributed by atoms with Crippen molar-refractivity contribution in [2.45, 2.75) is 71.1 Å². The molecule has 1 aromatic heterocycles. The lowest BCUT2D eigenvalue weighted by atomic mass is 9.71. The number of hydrogen-bond donors (Lipinski definition) is 0. The average molecular weight is 421 g/mol. The third-order valence-corrected chi connectivity index (χ3v) is 6.14. The van der Waals surface area contributed by atoms with Crippen LogP contribution in [0.1, 0.15) is 81.8 Å². The minimum absolute atomic E-state index is 0.141. The number of aromatic nitrogens is 2. The van der Waals surface area contributed by atoms with Crippen molar-refractivity contribution in [2.24, 2.45) is 0 Å². The first-order chi connectivity index (χ1) is 15.1. The lowest BCUT2D eigenvalue weighted by Gasteiger charge is -2.37. The van der Waals surface area contributed by atoms with Gasteiger partial charge in [-0.25, -0.2) is 9.97 Å². The Labute approximate surface area is 185 Å². The van der Waals surface area contributed by atoms with Crippen LogP contribution in [0.5, 0.6) is 5.75 Å². The van der Waals surface area contributed by atoms with Gasteiger partial charge in [0.1, 0.15) is 11.6 Å². The van der Waals surface area contributed by atoms with Crippen molar-refractivity contribution in [3.63, 3.8) is 0 Å². The van der Waals surface area contributed by atoms with Crippen LogP contribution in [-0.4, -0.2) is 29.2 Å². The lowest BCUT2D eigenvalue weighted by molar-refractivity contribution is -0.143. The number of carbonyl (C=O) groups excluding carboxylic acids is 1. The Balaban J connectivity index is 1.62. The standard InChI is InChI=1S/C26H32N2O3/c1-4-26(5-2)15-16-31-23-14-13-20(17-22(23)26)11-12-21-18-27-24(28-19-21)9-7-8-10-25(29)30-6-3/h13-14,17-19H,4-10,15-16H2,1-3H3. The summed E-state index contributed by atoms with van der Waals surface area (Å²) in [5.74, 6) is 8.06. The maximum Gasteiger partial charge on any atom is 0.305 e. The molecule has 1 aromatic carbocycles. The minimum Gasteiger partial charge on any atom is -0.493 e. The number of fused-ring (bicyclic) bond motifs is 1. The molecule has 0 saturated heterocycles. The lowest BCUT2D eigenvalue weighted by Crippen LogP contribution is -2.31. The van der Waals surface area contributed by atoms with Gasteiger partial charge in [0.2, 0.25) is 0 Å².